The Hall–Kier alpha value is -2.21. The monoisotopic (exact) mass is 552 g/mol. The molecule has 1 aliphatic heterocycles. The van der Waals surface area contributed by atoms with Crippen LogP contribution in [0.4, 0.5) is 10.6 Å². The van der Waals surface area contributed by atoms with Crippen LogP contribution in [0.25, 0.3) is 0 Å². The normalized spacial score (nSPS) is 26.4. The van der Waals surface area contributed by atoms with Gasteiger partial charge in [-0.2, -0.15) is 4.98 Å². The number of hydrogen-bond donors (Lipinski definition) is 4. The Morgan fingerprint density at radius 3 is 2.18 bits per heavy atom. The van der Waals surface area contributed by atoms with Gasteiger partial charge >= 0.3 is 11.7 Å². The van der Waals surface area contributed by atoms with Crippen molar-refractivity contribution in [2.24, 2.45) is 17.4 Å². The Balaban J connectivity index is 0.00000400. The molecule has 2 saturated carbocycles. The van der Waals surface area contributed by atoms with Gasteiger partial charge in [0.15, 0.2) is 0 Å². The van der Waals surface area contributed by atoms with Gasteiger partial charge in [-0.1, -0.05) is 0 Å². The van der Waals surface area contributed by atoms with E-state index in [-0.39, 0.29) is 41.9 Å². The molecule has 3 fully saturated rings. The van der Waals surface area contributed by atoms with Crippen LogP contribution in [0.2, 0.25) is 0 Å². The summed E-state index contributed by atoms with van der Waals surface area (Å²) >= 11 is 0. The van der Waals surface area contributed by atoms with E-state index in [4.69, 9.17) is 11.5 Å². The SMILES string of the molecule is CC(C)(N)C(=O)N1CCN(C(=O)Nc2ccn(C3CCC(CN[C@H]4CC[C@H](N)CC4)CC3)c(=O)n2)CC1.Cl. The van der Waals surface area contributed by atoms with E-state index in [0.717, 1.165) is 45.1 Å². The highest BCUT2D eigenvalue weighted by atomic mass is 35.5. The van der Waals surface area contributed by atoms with Gasteiger partial charge in [-0.25, -0.2) is 9.59 Å². The van der Waals surface area contributed by atoms with Crippen LogP contribution in [0.3, 0.4) is 0 Å². The molecule has 3 amide bonds. The molecular weight excluding hydrogens is 508 g/mol. The van der Waals surface area contributed by atoms with E-state index >= 15 is 0 Å². The maximum absolute atomic E-state index is 12.8. The summed E-state index contributed by atoms with van der Waals surface area (Å²) in [5.41, 5.74) is 10.7. The highest BCUT2D eigenvalue weighted by Crippen LogP contribution is 2.31. The first-order valence-corrected chi connectivity index (χ1v) is 13.8. The van der Waals surface area contributed by atoms with E-state index in [0.29, 0.717) is 44.2 Å². The lowest BCUT2D eigenvalue weighted by Gasteiger charge is -2.37. The molecule has 2 heterocycles. The second kappa shape index (κ2) is 13.2. The Morgan fingerprint density at radius 2 is 1.61 bits per heavy atom. The average molecular weight is 553 g/mol. The van der Waals surface area contributed by atoms with Crippen LogP contribution in [-0.2, 0) is 4.79 Å². The van der Waals surface area contributed by atoms with E-state index in [1.807, 2.05) is 0 Å². The van der Waals surface area contributed by atoms with Crippen molar-refractivity contribution in [2.45, 2.75) is 88.9 Å². The molecule has 4 rings (SSSR count). The maximum Gasteiger partial charge on any atom is 0.349 e. The number of hydrogen-bond acceptors (Lipinski definition) is 7. The molecule has 3 aliphatic rings. The number of nitrogens with one attached hydrogen (secondary N) is 2. The fraction of sp³-hybridized carbons (Fsp3) is 0.769. The molecule has 0 radical (unpaired) electrons. The standard InChI is InChI=1S/C26H44N8O3.ClH/c1-26(2,28)23(35)32-13-15-33(16-14-32)24(36)30-22-11-12-34(25(37)31-22)21-9-3-18(4-10-21)17-29-20-7-5-19(27)6-8-20;/h11-12,18-21,29H,3-10,13-17,27-28H2,1-2H3,(H,30,31,36,37);1H/t18?,19-,20-,21?;. The van der Waals surface area contributed by atoms with Crippen molar-refractivity contribution in [3.05, 3.63) is 22.7 Å². The summed E-state index contributed by atoms with van der Waals surface area (Å²) < 4.78 is 1.71. The molecule has 0 bridgehead atoms. The molecule has 0 spiro atoms. The van der Waals surface area contributed by atoms with E-state index in [1.54, 1.807) is 40.5 Å². The van der Waals surface area contributed by atoms with Gasteiger partial charge in [0.2, 0.25) is 5.91 Å². The molecular formula is C26H45ClN8O3. The number of carbonyl (C=O) groups excluding carboxylic acids is 2. The first kappa shape index (κ1) is 30.3. The van der Waals surface area contributed by atoms with E-state index < -0.39 is 5.54 Å². The molecule has 0 atom stereocenters. The van der Waals surface area contributed by atoms with Gasteiger partial charge in [0.05, 0.1) is 5.54 Å². The van der Waals surface area contributed by atoms with Crippen LogP contribution < -0.4 is 27.8 Å². The molecule has 1 saturated heterocycles. The second-order valence-electron chi connectivity index (χ2n) is 11.6. The summed E-state index contributed by atoms with van der Waals surface area (Å²) in [6, 6.07) is 2.48. The Kier molecular flexibility index (Phi) is 10.6. The predicted octanol–water partition coefficient (Wildman–Crippen LogP) is 1.67. The number of carbonyl (C=O) groups is 2. The Bertz CT molecular complexity index is 989. The number of amides is 3. The first-order chi connectivity index (χ1) is 17.6. The number of nitrogens with two attached hydrogens (primary N) is 2. The van der Waals surface area contributed by atoms with Crippen molar-refractivity contribution in [1.82, 2.24) is 24.7 Å². The molecule has 0 unspecified atom stereocenters. The quantitative estimate of drug-likeness (QED) is 0.419. The molecule has 12 heteroatoms. The maximum atomic E-state index is 12.8. The lowest BCUT2D eigenvalue weighted by atomic mass is 9.85. The predicted molar refractivity (Wildman–Crippen MR) is 150 cm³/mol. The molecule has 38 heavy (non-hydrogen) atoms. The summed E-state index contributed by atoms with van der Waals surface area (Å²) in [7, 11) is 0. The van der Waals surface area contributed by atoms with Crippen LogP contribution in [0, 0.1) is 5.92 Å². The number of anilines is 1. The van der Waals surface area contributed by atoms with Gasteiger partial charge in [0, 0.05) is 50.5 Å². The molecule has 1 aromatic rings. The van der Waals surface area contributed by atoms with E-state index in [2.05, 4.69) is 15.6 Å². The smallest absolute Gasteiger partial charge is 0.338 e. The van der Waals surface area contributed by atoms with E-state index in [1.165, 1.54) is 12.8 Å². The van der Waals surface area contributed by atoms with Crippen molar-refractivity contribution in [3.8, 4) is 0 Å². The Morgan fingerprint density at radius 1 is 1.00 bits per heavy atom. The zero-order chi connectivity index (χ0) is 26.6. The fourth-order valence-electron chi connectivity index (χ4n) is 5.75. The van der Waals surface area contributed by atoms with Gasteiger partial charge in [-0.15, -0.1) is 12.4 Å². The second-order valence-corrected chi connectivity index (χ2v) is 11.6. The minimum Gasteiger partial charge on any atom is -0.338 e. The van der Waals surface area contributed by atoms with Gasteiger partial charge in [0.25, 0.3) is 0 Å². The van der Waals surface area contributed by atoms with Crippen LogP contribution in [-0.4, -0.2) is 81.6 Å². The van der Waals surface area contributed by atoms with Crippen LogP contribution in [0.15, 0.2) is 17.1 Å². The zero-order valence-electron chi connectivity index (χ0n) is 22.7. The third kappa shape index (κ3) is 7.91. The van der Waals surface area contributed by atoms with Crippen LogP contribution in [0.5, 0.6) is 0 Å². The third-order valence-electron chi connectivity index (χ3n) is 8.15. The lowest BCUT2D eigenvalue weighted by Crippen LogP contribution is -2.58. The largest absolute Gasteiger partial charge is 0.349 e. The van der Waals surface area contributed by atoms with Crippen molar-refractivity contribution in [3.63, 3.8) is 0 Å². The van der Waals surface area contributed by atoms with Gasteiger partial charge < -0.3 is 26.6 Å². The highest BCUT2D eigenvalue weighted by molar-refractivity contribution is 5.89. The van der Waals surface area contributed by atoms with Gasteiger partial charge in [-0.05, 0) is 83.7 Å². The number of aromatic nitrogens is 2. The lowest BCUT2D eigenvalue weighted by molar-refractivity contribution is -0.137. The van der Waals surface area contributed by atoms with Crippen molar-refractivity contribution >= 4 is 30.2 Å². The number of urea groups is 1. The van der Waals surface area contributed by atoms with Crippen molar-refractivity contribution in [1.29, 1.82) is 0 Å². The third-order valence-corrected chi connectivity index (χ3v) is 8.15. The number of rotatable bonds is 6. The molecule has 214 valence electrons. The van der Waals surface area contributed by atoms with Crippen LogP contribution >= 0.6 is 12.4 Å². The number of halogens is 1. The first-order valence-electron chi connectivity index (χ1n) is 13.8. The Labute approximate surface area is 231 Å². The minimum atomic E-state index is -0.932. The minimum absolute atomic E-state index is 0. The van der Waals surface area contributed by atoms with Gasteiger partial charge in [0.1, 0.15) is 5.82 Å². The summed E-state index contributed by atoms with van der Waals surface area (Å²) in [5.74, 6) is 0.760. The molecule has 1 aromatic heterocycles. The van der Waals surface area contributed by atoms with Crippen molar-refractivity contribution < 1.29 is 9.59 Å². The van der Waals surface area contributed by atoms with Crippen molar-refractivity contribution in [2.75, 3.05) is 38.0 Å². The van der Waals surface area contributed by atoms with E-state index in [9.17, 15) is 14.4 Å². The summed E-state index contributed by atoms with van der Waals surface area (Å²) in [6.45, 7) is 6.05. The average Bonchev–Trinajstić information content (AvgIpc) is 2.88. The number of nitrogens with zero attached hydrogens (tertiary/aromatic N) is 4. The fourth-order valence-corrected chi connectivity index (χ4v) is 5.75. The zero-order valence-corrected chi connectivity index (χ0v) is 23.5. The molecule has 11 nitrogen and oxygen atoms in total. The molecule has 0 aromatic carbocycles. The van der Waals surface area contributed by atoms with Crippen LogP contribution in [0.1, 0.15) is 71.3 Å². The topological polar surface area (TPSA) is 152 Å². The molecule has 6 N–H and O–H groups in total. The molecule has 2 aliphatic carbocycles. The summed E-state index contributed by atoms with van der Waals surface area (Å²) in [6.07, 6.45) is 10.4. The summed E-state index contributed by atoms with van der Waals surface area (Å²) in [4.78, 5) is 45.2. The number of piperazine rings is 1. The highest BCUT2D eigenvalue weighted by Gasteiger charge is 2.31. The summed E-state index contributed by atoms with van der Waals surface area (Å²) in [5, 5.41) is 6.47. The van der Waals surface area contributed by atoms with Gasteiger partial charge in [-0.3, -0.25) is 14.7 Å².